The van der Waals surface area contributed by atoms with E-state index in [1.165, 1.54) is 11.1 Å². The van der Waals surface area contributed by atoms with Crippen LogP contribution in [0, 0.1) is 17.2 Å². The van der Waals surface area contributed by atoms with Crippen molar-refractivity contribution in [2.24, 2.45) is 5.92 Å². The Labute approximate surface area is 137 Å². The van der Waals surface area contributed by atoms with Gasteiger partial charge in [-0.1, -0.05) is 42.5 Å². The lowest BCUT2D eigenvalue weighted by Gasteiger charge is -2.17. The first-order valence-electron chi connectivity index (χ1n) is 7.84. The van der Waals surface area contributed by atoms with Gasteiger partial charge in [-0.05, 0) is 42.0 Å². The van der Waals surface area contributed by atoms with Crippen molar-refractivity contribution in [3.8, 4) is 6.07 Å². The van der Waals surface area contributed by atoms with E-state index in [1.54, 1.807) is 24.3 Å². The molecule has 1 aliphatic rings. The van der Waals surface area contributed by atoms with Gasteiger partial charge >= 0.3 is 0 Å². The molecule has 0 heterocycles. The fraction of sp³-hybridized carbons (Fsp3) is 0.316. The van der Waals surface area contributed by atoms with Crippen LogP contribution in [-0.2, 0) is 16.3 Å². The Morgan fingerprint density at radius 1 is 1.04 bits per heavy atom. The molecule has 0 unspecified atom stereocenters. The van der Waals surface area contributed by atoms with Gasteiger partial charge in [-0.25, -0.2) is 8.42 Å². The SMILES string of the molecule is N#CC[C@@H]1c2ccccc2C[C@H]1CCS(=O)(=O)c1ccccc1. The van der Waals surface area contributed by atoms with Crippen LogP contribution in [0.25, 0.3) is 0 Å². The summed E-state index contributed by atoms with van der Waals surface area (Å²) in [5.41, 5.74) is 2.48. The molecule has 0 radical (unpaired) electrons. The summed E-state index contributed by atoms with van der Waals surface area (Å²) in [4.78, 5) is 0.382. The van der Waals surface area contributed by atoms with Crippen LogP contribution in [0.2, 0.25) is 0 Å². The van der Waals surface area contributed by atoms with Crippen molar-refractivity contribution in [3.05, 3.63) is 65.7 Å². The minimum absolute atomic E-state index is 0.137. The van der Waals surface area contributed by atoms with Gasteiger partial charge < -0.3 is 0 Å². The Bertz CT molecular complexity index is 822. The standard InChI is InChI=1S/C19H19NO2S/c20-12-10-19-16(14-15-6-4-5-9-18(15)19)11-13-23(21,22)17-7-2-1-3-8-17/h1-9,16,19H,10-11,13-14H2/t16-,19+/m1/s1. The van der Waals surface area contributed by atoms with E-state index in [4.69, 9.17) is 5.26 Å². The van der Waals surface area contributed by atoms with Gasteiger partial charge in [0.15, 0.2) is 9.84 Å². The van der Waals surface area contributed by atoms with Crippen LogP contribution in [0.4, 0.5) is 0 Å². The predicted octanol–water partition coefficient (Wildman–Crippen LogP) is 3.72. The molecule has 0 aromatic heterocycles. The van der Waals surface area contributed by atoms with E-state index in [9.17, 15) is 8.42 Å². The molecule has 3 rings (SSSR count). The minimum atomic E-state index is -3.26. The fourth-order valence-corrected chi connectivity index (χ4v) is 4.91. The highest BCUT2D eigenvalue weighted by molar-refractivity contribution is 7.91. The third kappa shape index (κ3) is 3.30. The van der Waals surface area contributed by atoms with Crippen molar-refractivity contribution in [3.63, 3.8) is 0 Å². The summed E-state index contributed by atoms with van der Waals surface area (Å²) in [5.74, 6) is 0.519. The molecule has 0 fully saturated rings. The van der Waals surface area contributed by atoms with Gasteiger partial charge in [-0.15, -0.1) is 0 Å². The Balaban J connectivity index is 1.75. The van der Waals surface area contributed by atoms with E-state index in [0.717, 1.165) is 6.42 Å². The topological polar surface area (TPSA) is 57.9 Å². The maximum atomic E-state index is 12.5. The first-order valence-corrected chi connectivity index (χ1v) is 9.49. The van der Waals surface area contributed by atoms with Gasteiger partial charge in [-0.2, -0.15) is 5.26 Å². The average Bonchev–Trinajstić information content (AvgIpc) is 2.92. The summed E-state index contributed by atoms with van der Waals surface area (Å²) in [7, 11) is -3.26. The number of rotatable bonds is 5. The van der Waals surface area contributed by atoms with Gasteiger partial charge in [-0.3, -0.25) is 0 Å². The Morgan fingerprint density at radius 2 is 1.74 bits per heavy atom. The second-order valence-electron chi connectivity index (χ2n) is 6.05. The predicted molar refractivity (Wildman–Crippen MR) is 89.7 cm³/mol. The Hall–Kier alpha value is -2.12. The van der Waals surface area contributed by atoms with Crippen molar-refractivity contribution >= 4 is 9.84 Å². The van der Waals surface area contributed by atoms with Crippen LogP contribution in [0.3, 0.4) is 0 Å². The number of sulfone groups is 1. The smallest absolute Gasteiger partial charge is 0.178 e. The van der Waals surface area contributed by atoms with Crippen LogP contribution in [0.1, 0.15) is 29.9 Å². The monoisotopic (exact) mass is 325 g/mol. The molecule has 0 saturated carbocycles. The van der Waals surface area contributed by atoms with Crippen LogP contribution >= 0.6 is 0 Å². The molecule has 0 N–H and O–H groups in total. The van der Waals surface area contributed by atoms with E-state index in [2.05, 4.69) is 18.2 Å². The highest BCUT2D eigenvalue weighted by Gasteiger charge is 2.32. The zero-order valence-corrected chi connectivity index (χ0v) is 13.7. The summed E-state index contributed by atoms with van der Waals surface area (Å²) >= 11 is 0. The molecule has 2 aromatic carbocycles. The van der Waals surface area contributed by atoms with E-state index in [-0.39, 0.29) is 17.6 Å². The molecular formula is C19H19NO2S. The van der Waals surface area contributed by atoms with Gasteiger partial charge in [0.05, 0.1) is 16.7 Å². The molecule has 0 bridgehead atoms. The van der Waals surface area contributed by atoms with Gasteiger partial charge in [0.2, 0.25) is 0 Å². The summed E-state index contributed by atoms with van der Waals surface area (Å²) in [5, 5.41) is 9.11. The molecule has 2 atom stereocenters. The Kier molecular flexibility index (Phi) is 4.49. The van der Waals surface area contributed by atoms with Crippen LogP contribution < -0.4 is 0 Å². The van der Waals surface area contributed by atoms with Crippen molar-refractivity contribution in [1.82, 2.24) is 0 Å². The van der Waals surface area contributed by atoms with Crippen molar-refractivity contribution in [1.29, 1.82) is 5.26 Å². The van der Waals surface area contributed by atoms with Crippen molar-refractivity contribution < 1.29 is 8.42 Å². The first-order chi connectivity index (χ1) is 11.1. The Morgan fingerprint density at radius 3 is 2.48 bits per heavy atom. The van der Waals surface area contributed by atoms with E-state index < -0.39 is 9.84 Å². The number of nitrogens with zero attached hydrogens (tertiary/aromatic N) is 1. The van der Waals surface area contributed by atoms with Crippen LogP contribution in [-0.4, -0.2) is 14.2 Å². The van der Waals surface area contributed by atoms with E-state index in [1.807, 2.05) is 18.2 Å². The highest BCUT2D eigenvalue weighted by atomic mass is 32.2. The summed E-state index contributed by atoms with van der Waals surface area (Å²) in [6, 6.07) is 19.0. The molecule has 0 saturated heterocycles. The summed E-state index contributed by atoms with van der Waals surface area (Å²) < 4.78 is 24.9. The maximum absolute atomic E-state index is 12.5. The average molecular weight is 325 g/mol. The zero-order chi connectivity index (χ0) is 16.3. The molecule has 0 amide bonds. The van der Waals surface area contributed by atoms with E-state index >= 15 is 0 Å². The lowest BCUT2D eigenvalue weighted by atomic mass is 9.88. The lowest BCUT2D eigenvalue weighted by molar-refractivity contribution is 0.446. The number of fused-ring (bicyclic) bond motifs is 1. The molecule has 0 spiro atoms. The highest BCUT2D eigenvalue weighted by Crippen LogP contribution is 2.41. The summed E-state index contributed by atoms with van der Waals surface area (Å²) in [6.45, 7) is 0. The van der Waals surface area contributed by atoms with E-state index in [0.29, 0.717) is 17.7 Å². The van der Waals surface area contributed by atoms with Crippen molar-refractivity contribution in [2.45, 2.75) is 30.1 Å². The van der Waals surface area contributed by atoms with Gasteiger partial charge in [0.25, 0.3) is 0 Å². The third-order valence-electron chi connectivity index (χ3n) is 4.68. The van der Waals surface area contributed by atoms with Crippen LogP contribution in [0.5, 0.6) is 0 Å². The maximum Gasteiger partial charge on any atom is 0.178 e. The fourth-order valence-electron chi connectivity index (χ4n) is 3.49. The van der Waals surface area contributed by atoms with Crippen molar-refractivity contribution in [2.75, 3.05) is 5.75 Å². The normalized spacial score (nSPS) is 20.0. The quantitative estimate of drug-likeness (QED) is 0.842. The minimum Gasteiger partial charge on any atom is -0.224 e. The molecule has 0 aliphatic heterocycles. The second kappa shape index (κ2) is 6.55. The largest absolute Gasteiger partial charge is 0.224 e. The number of hydrogen-bond acceptors (Lipinski definition) is 3. The molecule has 23 heavy (non-hydrogen) atoms. The number of hydrogen-bond donors (Lipinski definition) is 0. The zero-order valence-electron chi connectivity index (χ0n) is 12.9. The molecular weight excluding hydrogens is 306 g/mol. The molecule has 3 nitrogen and oxygen atoms in total. The molecule has 118 valence electrons. The first kappa shape index (κ1) is 15.8. The van der Waals surface area contributed by atoms with Gasteiger partial charge in [0, 0.05) is 12.3 Å². The third-order valence-corrected chi connectivity index (χ3v) is 6.44. The molecule has 4 heteroatoms. The second-order valence-corrected chi connectivity index (χ2v) is 8.16. The lowest BCUT2D eigenvalue weighted by Crippen LogP contribution is -2.15. The van der Waals surface area contributed by atoms with Gasteiger partial charge in [0.1, 0.15) is 0 Å². The number of nitriles is 1. The molecule has 1 aliphatic carbocycles. The summed E-state index contributed by atoms with van der Waals surface area (Å²) in [6.07, 6.45) is 1.91. The molecule has 2 aromatic rings. The number of benzene rings is 2. The van der Waals surface area contributed by atoms with Crippen LogP contribution in [0.15, 0.2) is 59.5 Å².